The van der Waals surface area contributed by atoms with Crippen molar-refractivity contribution in [3.63, 3.8) is 0 Å². The molecule has 0 aliphatic heterocycles. The first kappa shape index (κ1) is 10.3. The first-order chi connectivity index (χ1) is 6.29. The highest BCUT2D eigenvalue weighted by atomic mass is 16.5. The normalized spacial score (nSPS) is 11.0. The van der Waals surface area contributed by atoms with Crippen molar-refractivity contribution in [1.29, 1.82) is 0 Å². The Morgan fingerprint density at radius 2 is 2.38 bits per heavy atom. The van der Waals surface area contributed by atoms with Crippen LogP contribution in [0.15, 0.2) is 23.0 Å². The molecule has 0 aromatic carbocycles. The molecule has 0 aliphatic rings. The summed E-state index contributed by atoms with van der Waals surface area (Å²) in [5, 5.41) is 3.26. The van der Waals surface area contributed by atoms with Crippen molar-refractivity contribution in [3.05, 3.63) is 24.2 Å². The number of ether oxygens (including phenoxy) is 1. The topological polar surface area (TPSA) is 34.4 Å². The second-order valence-electron chi connectivity index (χ2n) is 3.23. The van der Waals surface area contributed by atoms with Crippen LogP contribution in [0.25, 0.3) is 0 Å². The Balaban J connectivity index is 1.96. The zero-order chi connectivity index (χ0) is 9.52. The van der Waals surface area contributed by atoms with Gasteiger partial charge in [0.15, 0.2) is 0 Å². The minimum Gasteiger partial charge on any atom is -0.472 e. The van der Waals surface area contributed by atoms with Crippen LogP contribution >= 0.6 is 0 Å². The van der Waals surface area contributed by atoms with Gasteiger partial charge in [0.2, 0.25) is 0 Å². The molecule has 3 nitrogen and oxygen atoms in total. The molecule has 0 aliphatic carbocycles. The van der Waals surface area contributed by atoms with Gasteiger partial charge in [0.05, 0.1) is 25.2 Å². The van der Waals surface area contributed by atoms with Crippen molar-refractivity contribution in [2.75, 3.05) is 13.2 Å². The van der Waals surface area contributed by atoms with Gasteiger partial charge in [0.1, 0.15) is 0 Å². The van der Waals surface area contributed by atoms with E-state index in [1.165, 1.54) is 5.56 Å². The van der Waals surface area contributed by atoms with E-state index in [2.05, 4.69) is 5.32 Å². The van der Waals surface area contributed by atoms with Crippen LogP contribution in [-0.2, 0) is 11.3 Å². The lowest BCUT2D eigenvalue weighted by Crippen LogP contribution is -2.20. The van der Waals surface area contributed by atoms with Crippen molar-refractivity contribution >= 4 is 0 Å². The van der Waals surface area contributed by atoms with Crippen LogP contribution in [0.5, 0.6) is 0 Å². The summed E-state index contributed by atoms with van der Waals surface area (Å²) in [7, 11) is 0. The van der Waals surface area contributed by atoms with Gasteiger partial charge in [-0.25, -0.2) is 0 Å². The van der Waals surface area contributed by atoms with Gasteiger partial charge in [-0.3, -0.25) is 0 Å². The van der Waals surface area contributed by atoms with Gasteiger partial charge in [-0.1, -0.05) is 0 Å². The fourth-order valence-corrected chi connectivity index (χ4v) is 0.993. The first-order valence-electron chi connectivity index (χ1n) is 4.62. The smallest absolute Gasteiger partial charge is 0.0947 e. The Hall–Kier alpha value is -0.800. The lowest BCUT2D eigenvalue weighted by molar-refractivity contribution is 0.0807. The lowest BCUT2D eigenvalue weighted by Gasteiger charge is -2.07. The minimum atomic E-state index is 0.315. The van der Waals surface area contributed by atoms with E-state index in [1.807, 2.05) is 19.9 Å². The van der Waals surface area contributed by atoms with E-state index in [0.29, 0.717) is 6.10 Å². The Labute approximate surface area is 79.1 Å². The second kappa shape index (κ2) is 5.78. The molecule has 1 heterocycles. The molecule has 0 bridgehead atoms. The maximum absolute atomic E-state index is 5.38. The molecular weight excluding hydrogens is 166 g/mol. The molecule has 1 aromatic rings. The largest absolute Gasteiger partial charge is 0.472 e. The summed E-state index contributed by atoms with van der Waals surface area (Å²) in [6, 6.07) is 1.95. The number of furan rings is 1. The molecule has 0 spiro atoms. The summed E-state index contributed by atoms with van der Waals surface area (Å²) in [5.74, 6) is 0. The van der Waals surface area contributed by atoms with Gasteiger partial charge in [0.25, 0.3) is 0 Å². The van der Waals surface area contributed by atoms with Crippen molar-refractivity contribution in [2.24, 2.45) is 0 Å². The zero-order valence-electron chi connectivity index (χ0n) is 8.25. The number of nitrogens with one attached hydrogen (secondary N) is 1. The average molecular weight is 183 g/mol. The molecule has 0 unspecified atom stereocenters. The molecule has 1 N–H and O–H groups in total. The predicted molar refractivity (Wildman–Crippen MR) is 51.5 cm³/mol. The van der Waals surface area contributed by atoms with E-state index in [4.69, 9.17) is 9.15 Å². The first-order valence-corrected chi connectivity index (χ1v) is 4.62. The van der Waals surface area contributed by atoms with Gasteiger partial charge < -0.3 is 14.5 Å². The van der Waals surface area contributed by atoms with Crippen molar-refractivity contribution in [1.82, 2.24) is 5.32 Å². The molecule has 0 saturated heterocycles. The molecular formula is C10H17NO2. The zero-order valence-corrected chi connectivity index (χ0v) is 8.25. The van der Waals surface area contributed by atoms with Gasteiger partial charge >= 0.3 is 0 Å². The second-order valence-corrected chi connectivity index (χ2v) is 3.23. The van der Waals surface area contributed by atoms with Crippen LogP contribution in [0.2, 0.25) is 0 Å². The maximum Gasteiger partial charge on any atom is 0.0947 e. The summed E-state index contributed by atoms with van der Waals surface area (Å²) >= 11 is 0. The third-order valence-electron chi connectivity index (χ3n) is 1.64. The summed E-state index contributed by atoms with van der Waals surface area (Å²) in [4.78, 5) is 0. The van der Waals surface area contributed by atoms with Crippen molar-refractivity contribution in [2.45, 2.75) is 26.5 Å². The molecule has 0 atom stereocenters. The average Bonchev–Trinajstić information content (AvgIpc) is 2.55. The number of hydrogen-bond donors (Lipinski definition) is 1. The molecule has 1 rings (SSSR count). The van der Waals surface area contributed by atoms with Crippen LogP contribution in [-0.4, -0.2) is 19.3 Å². The van der Waals surface area contributed by atoms with E-state index < -0.39 is 0 Å². The summed E-state index contributed by atoms with van der Waals surface area (Å²) in [6.45, 7) is 6.56. The minimum absolute atomic E-state index is 0.315. The summed E-state index contributed by atoms with van der Waals surface area (Å²) < 4.78 is 10.3. The van der Waals surface area contributed by atoms with Gasteiger partial charge in [-0.05, 0) is 19.9 Å². The Morgan fingerprint density at radius 1 is 1.54 bits per heavy atom. The van der Waals surface area contributed by atoms with E-state index in [1.54, 1.807) is 12.5 Å². The molecule has 0 amide bonds. The summed E-state index contributed by atoms with van der Waals surface area (Å²) in [6.07, 6.45) is 3.74. The third kappa shape index (κ3) is 4.70. The number of hydrogen-bond acceptors (Lipinski definition) is 3. The monoisotopic (exact) mass is 183 g/mol. The molecule has 0 fully saturated rings. The van der Waals surface area contributed by atoms with Crippen LogP contribution in [0.1, 0.15) is 19.4 Å². The van der Waals surface area contributed by atoms with Gasteiger partial charge in [0, 0.05) is 18.7 Å². The molecule has 3 heteroatoms. The Bertz CT molecular complexity index is 207. The molecule has 13 heavy (non-hydrogen) atoms. The summed E-state index contributed by atoms with van der Waals surface area (Å²) in [5.41, 5.74) is 1.17. The fourth-order valence-electron chi connectivity index (χ4n) is 0.993. The standard InChI is InChI=1S/C10H17NO2/c1-9(2)13-6-4-11-7-10-3-5-12-8-10/h3,5,8-9,11H,4,6-7H2,1-2H3. The molecule has 74 valence electrons. The quantitative estimate of drug-likeness (QED) is 0.683. The SMILES string of the molecule is CC(C)OCCNCc1ccoc1. The van der Waals surface area contributed by atoms with Crippen molar-refractivity contribution < 1.29 is 9.15 Å². The highest BCUT2D eigenvalue weighted by molar-refractivity contribution is 5.04. The van der Waals surface area contributed by atoms with Crippen LogP contribution in [0.3, 0.4) is 0 Å². The van der Waals surface area contributed by atoms with Crippen molar-refractivity contribution in [3.8, 4) is 0 Å². The van der Waals surface area contributed by atoms with E-state index in [-0.39, 0.29) is 0 Å². The molecule has 1 aromatic heterocycles. The Morgan fingerprint density at radius 3 is 3.00 bits per heavy atom. The van der Waals surface area contributed by atoms with E-state index >= 15 is 0 Å². The molecule has 0 saturated carbocycles. The van der Waals surface area contributed by atoms with Gasteiger partial charge in [-0.2, -0.15) is 0 Å². The highest BCUT2D eigenvalue weighted by Crippen LogP contribution is 1.97. The van der Waals surface area contributed by atoms with Crippen LogP contribution in [0.4, 0.5) is 0 Å². The van der Waals surface area contributed by atoms with E-state index in [9.17, 15) is 0 Å². The Kier molecular flexibility index (Phi) is 4.57. The fraction of sp³-hybridized carbons (Fsp3) is 0.600. The van der Waals surface area contributed by atoms with E-state index in [0.717, 1.165) is 19.7 Å². The van der Waals surface area contributed by atoms with Gasteiger partial charge in [-0.15, -0.1) is 0 Å². The highest BCUT2D eigenvalue weighted by Gasteiger charge is 1.94. The predicted octanol–water partition coefficient (Wildman–Crippen LogP) is 1.79. The lowest BCUT2D eigenvalue weighted by atomic mass is 10.3. The third-order valence-corrected chi connectivity index (χ3v) is 1.64. The maximum atomic E-state index is 5.38. The molecule has 0 radical (unpaired) electrons. The van der Waals surface area contributed by atoms with Crippen LogP contribution in [0, 0.1) is 0 Å². The van der Waals surface area contributed by atoms with Crippen LogP contribution < -0.4 is 5.32 Å². The number of rotatable bonds is 6.